The molecule has 1 amide bonds. The van der Waals surface area contributed by atoms with Gasteiger partial charge in [-0.05, 0) is 25.0 Å². The number of methoxy groups -OCH3 is 1. The Bertz CT molecular complexity index is 601. The van der Waals surface area contributed by atoms with Gasteiger partial charge < -0.3 is 15.4 Å². The Labute approximate surface area is 130 Å². The second kappa shape index (κ2) is 7.55. The molecule has 1 aromatic rings. The van der Waals surface area contributed by atoms with E-state index in [9.17, 15) is 13.2 Å². The molecule has 8 heteroatoms. The first-order valence-corrected chi connectivity index (χ1v) is 9.02. The van der Waals surface area contributed by atoms with Crippen molar-refractivity contribution < 1.29 is 17.9 Å². The molecule has 22 heavy (non-hydrogen) atoms. The van der Waals surface area contributed by atoms with Crippen molar-refractivity contribution in [1.82, 2.24) is 10.3 Å². The lowest BCUT2D eigenvalue weighted by molar-refractivity contribution is 0.0936. The van der Waals surface area contributed by atoms with Gasteiger partial charge in [0.1, 0.15) is 5.69 Å². The molecule has 0 radical (unpaired) electrons. The first-order valence-electron chi connectivity index (χ1n) is 7.20. The molecular weight excluding hydrogens is 306 g/mol. The summed E-state index contributed by atoms with van der Waals surface area (Å²) in [5.74, 6) is -0.193. The van der Waals surface area contributed by atoms with Gasteiger partial charge in [-0.1, -0.05) is 0 Å². The summed E-state index contributed by atoms with van der Waals surface area (Å²) in [6.45, 7) is 1.45. The molecule has 0 bridgehead atoms. The van der Waals surface area contributed by atoms with Gasteiger partial charge in [0.05, 0.1) is 23.4 Å². The van der Waals surface area contributed by atoms with Crippen LogP contribution in [0.15, 0.2) is 18.3 Å². The number of sulfone groups is 1. The van der Waals surface area contributed by atoms with E-state index in [1.54, 1.807) is 25.4 Å². The maximum atomic E-state index is 12.0. The van der Waals surface area contributed by atoms with Gasteiger partial charge in [-0.25, -0.2) is 13.4 Å². The summed E-state index contributed by atoms with van der Waals surface area (Å²) in [6.07, 6.45) is 2.94. The summed E-state index contributed by atoms with van der Waals surface area (Å²) in [7, 11) is -1.34. The number of aromatic nitrogens is 1. The molecule has 1 aromatic heterocycles. The van der Waals surface area contributed by atoms with Gasteiger partial charge in [-0.3, -0.25) is 4.79 Å². The zero-order valence-electron chi connectivity index (χ0n) is 12.5. The molecule has 2 N–H and O–H groups in total. The zero-order chi connectivity index (χ0) is 16.0. The molecule has 1 saturated heterocycles. The number of hydrogen-bond donors (Lipinski definition) is 2. The predicted molar refractivity (Wildman–Crippen MR) is 83.7 cm³/mol. The SMILES string of the molecule is COCCCNc1ccc(C(=O)NC2CCS(=O)(=O)C2)nc1. The van der Waals surface area contributed by atoms with Crippen LogP contribution in [0.3, 0.4) is 0 Å². The summed E-state index contributed by atoms with van der Waals surface area (Å²) < 4.78 is 27.7. The number of anilines is 1. The number of carbonyl (C=O) groups is 1. The largest absolute Gasteiger partial charge is 0.385 e. The van der Waals surface area contributed by atoms with Crippen molar-refractivity contribution >= 4 is 21.4 Å². The molecule has 122 valence electrons. The maximum Gasteiger partial charge on any atom is 0.270 e. The number of pyridine rings is 1. The Kier molecular flexibility index (Phi) is 5.73. The van der Waals surface area contributed by atoms with Crippen LogP contribution in [0.5, 0.6) is 0 Å². The average molecular weight is 327 g/mol. The Hall–Kier alpha value is -1.67. The zero-order valence-corrected chi connectivity index (χ0v) is 13.4. The van der Waals surface area contributed by atoms with E-state index in [1.807, 2.05) is 0 Å². The number of carbonyl (C=O) groups excluding carboxylic acids is 1. The van der Waals surface area contributed by atoms with Crippen LogP contribution in [0.25, 0.3) is 0 Å². The van der Waals surface area contributed by atoms with Gasteiger partial charge in [-0.15, -0.1) is 0 Å². The van der Waals surface area contributed by atoms with Gasteiger partial charge >= 0.3 is 0 Å². The van der Waals surface area contributed by atoms with Crippen LogP contribution < -0.4 is 10.6 Å². The first-order chi connectivity index (χ1) is 10.5. The Morgan fingerprint density at radius 1 is 1.45 bits per heavy atom. The summed E-state index contributed by atoms with van der Waals surface area (Å²) >= 11 is 0. The molecule has 1 fully saturated rings. The van der Waals surface area contributed by atoms with Gasteiger partial charge in [-0.2, -0.15) is 0 Å². The minimum absolute atomic E-state index is 0.0118. The smallest absolute Gasteiger partial charge is 0.270 e. The molecular formula is C14H21N3O4S. The van der Waals surface area contributed by atoms with Crippen LogP contribution in [0, 0.1) is 0 Å². The fraction of sp³-hybridized carbons (Fsp3) is 0.571. The lowest BCUT2D eigenvalue weighted by atomic mass is 10.2. The van der Waals surface area contributed by atoms with Crippen molar-refractivity contribution in [1.29, 1.82) is 0 Å². The molecule has 7 nitrogen and oxygen atoms in total. The lowest BCUT2D eigenvalue weighted by Crippen LogP contribution is -2.36. The molecule has 1 unspecified atom stereocenters. The van der Waals surface area contributed by atoms with Crippen LogP contribution in [0.4, 0.5) is 5.69 Å². The Morgan fingerprint density at radius 3 is 2.86 bits per heavy atom. The first kappa shape index (κ1) is 16.7. The molecule has 0 aromatic carbocycles. The van der Waals surface area contributed by atoms with E-state index in [0.717, 1.165) is 18.7 Å². The monoisotopic (exact) mass is 327 g/mol. The summed E-state index contributed by atoms with van der Waals surface area (Å²) in [5, 5.41) is 5.89. The molecule has 0 saturated carbocycles. The molecule has 1 aliphatic rings. The van der Waals surface area contributed by atoms with Crippen LogP contribution in [0.2, 0.25) is 0 Å². The Morgan fingerprint density at radius 2 is 2.27 bits per heavy atom. The number of ether oxygens (including phenoxy) is 1. The van der Waals surface area contributed by atoms with E-state index in [4.69, 9.17) is 4.74 Å². The van der Waals surface area contributed by atoms with Crippen LogP contribution in [-0.2, 0) is 14.6 Å². The average Bonchev–Trinajstić information content (AvgIpc) is 2.83. The number of amides is 1. The van der Waals surface area contributed by atoms with Gasteiger partial charge in [0.15, 0.2) is 9.84 Å². The Balaban J connectivity index is 1.83. The second-order valence-corrected chi connectivity index (χ2v) is 7.51. The normalized spacial score (nSPS) is 19.8. The van der Waals surface area contributed by atoms with E-state index in [1.165, 1.54) is 0 Å². The van der Waals surface area contributed by atoms with Crippen molar-refractivity contribution in [3.05, 3.63) is 24.0 Å². The molecule has 2 heterocycles. The van der Waals surface area contributed by atoms with E-state index >= 15 is 0 Å². The third-order valence-electron chi connectivity index (χ3n) is 3.42. The highest BCUT2D eigenvalue weighted by atomic mass is 32.2. The fourth-order valence-electron chi connectivity index (χ4n) is 2.25. The molecule has 0 aliphatic carbocycles. The minimum Gasteiger partial charge on any atom is -0.385 e. The van der Waals surface area contributed by atoms with Crippen LogP contribution in [0.1, 0.15) is 23.3 Å². The summed E-state index contributed by atoms with van der Waals surface area (Å²) in [5.41, 5.74) is 1.11. The number of hydrogen-bond acceptors (Lipinski definition) is 6. The van der Waals surface area contributed by atoms with E-state index in [0.29, 0.717) is 13.0 Å². The quantitative estimate of drug-likeness (QED) is 0.706. The third kappa shape index (κ3) is 4.96. The number of rotatable bonds is 7. The van der Waals surface area contributed by atoms with Crippen molar-refractivity contribution in [3.8, 4) is 0 Å². The predicted octanol–water partition coefficient (Wildman–Crippen LogP) is 0.447. The minimum atomic E-state index is -3.00. The van der Waals surface area contributed by atoms with E-state index < -0.39 is 9.84 Å². The van der Waals surface area contributed by atoms with E-state index in [-0.39, 0.29) is 29.1 Å². The number of nitrogens with zero attached hydrogens (tertiary/aromatic N) is 1. The van der Waals surface area contributed by atoms with E-state index in [2.05, 4.69) is 15.6 Å². The maximum absolute atomic E-state index is 12.0. The number of nitrogens with one attached hydrogen (secondary N) is 2. The highest BCUT2D eigenvalue weighted by Gasteiger charge is 2.29. The van der Waals surface area contributed by atoms with Gasteiger partial charge in [0, 0.05) is 26.3 Å². The van der Waals surface area contributed by atoms with Crippen LogP contribution >= 0.6 is 0 Å². The second-order valence-electron chi connectivity index (χ2n) is 5.28. The summed E-state index contributed by atoms with van der Waals surface area (Å²) in [6, 6.07) is 3.09. The summed E-state index contributed by atoms with van der Waals surface area (Å²) in [4.78, 5) is 16.1. The standard InChI is InChI=1S/C14H21N3O4S/c1-21-7-2-6-15-11-3-4-13(16-9-11)14(18)17-12-5-8-22(19,20)10-12/h3-4,9,12,15H,2,5-8,10H2,1H3,(H,17,18). The molecule has 2 rings (SSSR count). The van der Waals surface area contributed by atoms with Crippen molar-refractivity contribution in [2.45, 2.75) is 18.9 Å². The van der Waals surface area contributed by atoms with Crippen molar-refractivity contribution in [2.75, 3.05) is 37.1 Å². The fourth-order valence-corrected chi connectivity index (χ4v) is 3.92. The van der Waals surface area contributed by atoms with Gasteiger partial charge in [0.2, 0.25) is 0 Å². The molecule has 1 atom stereocenters. The molecule has 1 aliphatic heterocycles. The van der Waals surface area contributed by atoms with Crippen molar-refractivity contribution in [2.24, 2.45) is 0 Å². The highest BCUT2D eigenvalue weighted by molar-refractivity contribution is 7.91. The third-order valence-corrected chi connectivity index (χ3v) is 5.19. The van der Waals surface area contributed by atoms with Crippen molar-refractivity contribution in [3.63, 3.8) is 0 Å². The molecule has 0 spiro atoms. The topological polar surface area (TPSA) is 97.4 Å². The van der Waals surface area contributed by atoms with Crippen LogP contribution in [-0.4, -0.2) is 57.1 Å². The van der Waals surface area contributed by atoms with Gasteiger partial charge in [0.25, 0.3) is 5.91 Å². The lowest BCUT2D eigenvalue weighted by Gasteiger charge is -2.11. The highest BCUT2D eigenvalue weighted by Crippen LogP contribution is 2.12.